The smallest absolute Gasteiger partial charge is 0.195 e. The van der Waals surface area contributed by atoms with E-state index in [0.717, 1.165) is 37.7 Å². The van der Waals surface area contributed by atoms with Crippen molar-refractivity contribution in [2.75, 3.05) is 26.2 Å². The predicted molar refractivity (Wildman–Crippen MR) is 113 cm³/mol. The molecule has 4 heterocycles. The van der Waals surface area contributed by atoms with Crippen LogP contribution in [0.25, 0.3) is 11.6 Å². The van der Waals surface area contributed by atoms with Crippen molar-refractivity contribution in [2.24, 2.45) is 5.92 Å². The highest BCUT2D eigenvalue weighted by atomic mass is 16.3. The normalized spacial score (nSPS) is 18.6. The van der Waals surface area contributed by atoms with Gasteiger partial charge in [-0.1, -0.05) is 30.3 Å². The molecule has 1 fully saturated rings. The number of hydrogen-bond acceptors (Lipinski definition) is 5. The van der Waals surface area contributed by atoms with Crippen molar-refractivity contribution in [3.8, 4) is 11.6 Å². The summed E-state index contributed by atoms with van der Waals surface area (Å²) < 4.78 is 5.47. The van der Waals surface area contributed by atoms with Gasteiger partial charge in [0.1, 0.15) is 0 Å². The van der Waals surface area contributed by atoms with E-state index in [0.29, 0.717) is 5.82 Å². The molecule has 29 heavy (non-hydrogen) atoms. The lowest BCUT2D eigenvalue weighted by atomic mass is 9.94. The average Bonchev–Trinajstić information content (AvgIpc) is 3.30. The van der Waals surface area contributed by atoms with E-state index < -0.39 is 0 Å². The summed E-state index contributed by atoms with van der Waals surface area (Å²) in [6, 6.07) is 14.6. The topological polar surface area (TPSA) is 45.4 Å². The Kier molecular flexibility index (Phi) is 5.41. The minimum atomic E-state index is 0.699. The number of fused-ring (bicyclic) bond motifs is 1. The van der Waals surface area contributed by atoms with Gasteiger partial charge >= 0.3 is 0 Å². The highest BCUT2D eigenvalue weighted by Crippen LogP contribution is 2.25. The summed E-state index contributed by atoms with van der Waals surface area (Å²) in [5, 5.41) is 0. The molecule has 0 unspecified atom stereocenters. The molecule has 0 amide bonds. The Morgan fingerprint density at radius 1 is 0.966 bits per heavy atom. The van der Waals surface area contributed by atoms with Gasteiger partial charge in [0.15, 0.2) is 11.6 Å². The van der Waals surface area contributed by atoms with Crippen LogP contribution in [0.15, 0.2) is 59.3 Å². The molecule has 2 aliphatic heterocycles. The molecule has 1 saturated heterocycles. The van der Waals surface area contributed by atoms with Crippen molar-refractivity contribution in [3.05, 3.63) is 71.7 Å². The van der Waals surface area contributed by atoms with E-state index in [9.17, 15) is 0 Å². The summed E-state index contributed by atoms with van der Waals surface area (Å²) in [6.07, 6.45) is 7.28. The maximum absolute atomic E-state index is 5.47. The highest BCUT2D eigenvalue weighted by molar-refractivity contribution is 5.46. The molecule has 3 aromatic rings. The molecule has 5 nitrogen and oxygen atoms in total. The second kappa shape index (κ2) is 8.47. The van der Waals surface area contributed by atoms with Crippen LogP contribution in [-0.4, -0.2) is 45.9 Å². The van der Waals surface area contributed by atoms with Crippen LogP contribution in [0, 0.1) is 5.92 Å². The monoisotopic (exact) mass is 388 g/mol. The van der Waals surface area contributed by atoms with E-state index in [1.165, 1.54) is 49.3 Å². The van der Waals surface area contributed by atoms with Crippen molar-refractivity contribution in [1.29, 1.82) is 0 Å². The Morgan fingerprint density at radius 3 is 2.62 bits per heavy atom. The Bertz CT molecular complexity index is 917. The number of nitrogens with zero attached hydrogens (tertiary/aromatic N) is 4. The second-order valence-electron chi connectivity index (χ2n) is 8.33. The van der Waals surface area contributed by atoms with Gasteiger partial charge in [-0.25, -0.2) is 9.97 Å². The van der Waals surface area contributed by atoms with Gasteiger partial charge in [0.2, 0.25) is 0 Å². The van der Waals surface area contributed by atoms with Crippen LogP contribution in [0.3, 0.4) is 0 Å². The van der Waals surface area contributed by atoms with Gasteiger partial charge in [-0.05, 0) is 61.5 Å². The zero-order valence-electron chi connectivity index (χ0n) is 16.8. The fourth-order valence-electron chi connectivity index (χ4n) is 4.57. The first-order chi connectivity index (χ1) is 14.3. The largest absolute Gasteiger partial charge is 0.461 e. The average molecular weight is 389 g/mol. The molecule has 0 bridgehead atoms. The molecule has 0 saturated carbocycles. The molecule has 1 aromatic carbocycles. The lowest BCUT2D eigenvalue weighted by Gasteiger charge is -2.36. The standard InChI is InChI=1S/C24H28N4O/c1-2-5-19(6-3-1)16-27-11-8-20(9-12-27)17-28-13-10-21-15-25-24(26-22(21)18-28)23-7-4-14-29-23/h1-7,14-15,20H,8-13,16-18H2. The van der Waals surface area contributed by atoms with Crippen LogP contribution in [0.1, 0.15) is 29.7 Å². The van der Waals surface area contributed by atoms with Gasteiger partial charge < -0.3 is 4.42 Å². The maximum atomic E-state index is 5.47. The zero-order valence-corrected chi connectivity index (χ0v) is 16.8. The predicted octanol–water partition coefficient (Wildman–Crippen LogP) is 4.01. The van der Waals surface area contributed by atoms with Crippen LogP contribution >= 0.6 is 0 Å². The van der Waals surface area contributed by atoms with Gasteiger partial charge in [-0.2, -0.15) is 0 Å². The van der Waals surface area contributed by atoms with Crippen molar-refractivity contribution in [2.45, 2.75) is 32.4 Å². The SMILES string of the molecule is c1ccc(CN2CCC(CN3CCc4cnc(-c5ccco5)nc4C3)CC2)cc1. The number of benzene rings is 1. The van der Waals surface area contributed by atoms with Gasteiger partial charge in [0.25, 0.3) is 0 Å². The van der Waals surface area contributed by atoms with Crippen LogP contribution in [0.2, 0.25) is 0 Å². The van der Waals surface area contributed by atoms with E-state index in [-0.39, 0.29) is 0 Å². The maximum Gasteiger partial charge on any atom is 0.195 e. The Balaban J connectivity index is 1.15. The first-order valence-corrected chi connectivity index (χ1v) is 10.7. The minimum absolute atomic E-state index is 0.699. The number of piperidine rings is 1. The fourth-order valence-corrected chi connectivity index (χ4v) is 4.57. The number of aromatic nitrogens is 2. The molecule has 0 spiro atoms. The molecule has 5 rings (SSSR count). The number of rotatable bonds is 5. The van der Waals surface area contributed by atoms with Crippen molar-refractivity contribution >= 4 is 0 Å². The molecule has 0 N–H and O–H groups in total. The van der Waals surface area contributed by atoms with Crippen molar-refractivity contribution < 1.29 is 4.42 Å². The van der Waals surface area contributed by atoms with E-state index >= 15 is 0 Å². The number of hydrogen-bond donors (Lipinski definition) is 0. The van der Waals surface area contributed by atoms with Gasteiger partial charge in [0.05, 0.1) is 12.0 Å². The molecule has 2 aliphatic rings. The third-order valence-electron chi connectivity index (χ3n) is 6.24. The summed E-state index contributed by atoms with van der Waals surface area (Å²) in [5.74, 6) is 2.23. The van der Waals surface area contributed by atoms with E-state index in [1.54, 1.807) is 6.26 Å². The van der Waals surface area contributed by atoms with E-state index in [2.05, 4.69) is 45.1 Å². The molecule has 0 aliphatic carbocycles. The van der Waals surface area contributed by atoms with Crippen LogP contribution < -0.4 is 0 Å². The van der Waals surface area contributed by atoms with Crippen LogP contribution in [0.5, 0.6) is 0 Å². The summed E-state index contributed by atoms with van der Waals surface area (Å²) in [5.41, 5.74) is 3.87. The Hall–Kier alpha value is -2.50. The van der Waals surface area contributed by atoms with Crippen LogP contribution in [0.4, 0.5) is 0 Å². The quantitative estimate of drug-likeness (QED) is 0.661. The molecule has 150 valence electrons. The van der Waals surface area contributed by atoms with Gasteiger partial charge in [0, 0.05) is 32.4 Å². The van der Waals surface area contributed by atoms with Gasteiger partial charge in [-0.3, -0.25) is 9.80 Å². The lowest BCUT2D eigenvalue weighted by Crippen LogP contribution is -2.40. The van der Waals surface area contributed by atoms with Gasteiger partial charge in [-0.15, -0.1) is 0 Å². The molecule has 5 heteroatoms. The third-order valence-corrected chi connectivity index (χ3v) is 6.24. The molecule has 2 aromatic heterocycles. The molecule has 0 atom stereocenters. The summed E-state index contributed by atoms with van der Waals surface area (Å²) >= 11 is 0. The minimum Gasteiger partial charge on any atom is -0.461 e. The molecular weight excluding hydrogens is 360 g/mol. The zero-order chi connectivity index (χ0) is 19.5. The summed E-state index contributed by atoms with van der Waals surface area (Å²) in [4.78, 5) is 14.5. The second-order valence-corrected chi connectivity index (χ2v) is 8.33. The molecular formula is C24H28N4O. The Morgan fingerprint density at radius 2 is 1.83 bits per heavy atom. The van der Waals surface area contributed by atoms with E-state index in [1.807, 2.05) is 18.3 Å². The van der Waals surface area contributed by atoms with Crippen molar-refractivity contribution in [1.82, 2.24) is 19.8 Å². The van der Waals surface area contributed by atoms with Crippen LogP contribution in [-0.2, 0) is 19.5 Å². The summed E-state index contributed by atoms with van der Waals surface area (Å²) in [6.45, 7) is 6.70. The first kappa shape index (κ1) is 18.5. The number of likely N-dealkylation sites (tertiary alicyclic amines) is 1. The fraction of sp³-hybridized carbons (Fsp3) is 0.417. The lowest BCUT2D eigenvalue weighted by molar-refractivity contribution is 0.131. The number of furan rings is 1. The van der Waals surface area contributed by atoms with E-state index in [4.69, 9.17) is 9.40 Å². The Labute approximate surface area is 172 Å². The molecule has 0 radical (unpaired) electrons. The first-order valence-electron chi connectivity index (χ1n) is 10.7. The third kappa shape index (κ3) is 4.41. The highest BCUT2D eigenvalue weighted by Gasteiger charge is 2.25. The van der Waals surface area contributed by atoms with Crippen molar-refractivity contribution in [3.63, 3.8) is 0 Å². The summed E-state index contributed by atoms with van der Waals surface area (Å²) in [7, 11) is 0.